The van der Waals surface area contributed by atoms with E-state index in [-0.39, 0.29) is 10.8 Å². The summed E-state index contributed by atoms with van der Waals surface area (Å²) >= 11 is -1.12. The second-order valence-electron chi connectivity index (χ2n) is 6.25. The van der Waals surface area contributed by atoms with Gasteiger partial charge >= 0.3 is 0 Å². The average Bonchev–Trinajstić information content (AvgIpc) is 2.45. The summed E-state index contributed by atoms with van der Waals surface area (Å²) in [7, 11) is 0. The Hall–Kier alpha value is -1.29. The molecule has 1 N–H and O–H groups in total. The first kappa shape index (κ1) is 16.1. The Morgan fingerprint density at radius 1 is 0.905 bits per heavy atom. The Balaban J connectivity index is 2.33. The van der Waals surface area contributed by atoms with Crippen LogP contribution in [0.3, 0.4) is 0 Å². The topological polar surface area (TPSA) is 35.1 Å². The molecule has 0 saturated carbocycles. The molecule has 2 atom stereocenters. The van der Waals surface area contributed by atoms with Crippen LogP contribution in [0.5, 0.6) is 0 Å². The maximum absolute atomic E-state index is 12.5. The van der Waals surface area contributed by atoms with E-state index in [1.807, 2.05) is 39.0 Å². The summed E-state index contributed by atoms with van der Waals surface area (Å²) in [5.74, 6) is 0. The van der Waals surface area contributed by atoms with Crippen molar-refractivity contribution in [3.8, 4) is 0 Å². The van der Waals surface area contributed by atoms with Crippen molar-refractivity contribution in [2.75, 3.05) is 0 Å². The van der Waals surface area contributed by atoms with E-state index in [0.717, 1.165) is 11.1 Å². The Kier molecular flexibility index (Phi) is 5.09. The van der Waals surface area contributed by atoms with Crippen LogP contribution in [-0.2, 0) is 11.4 Å². The minimum absolute atomic E-state index is 0.0631. The van der Waals surface area contributed by atoms with Crippen molar-refractivity contribution < 1.29 is 4.55 Å². The van der Waals surface area contributed by atoms with E-state index in [0.29, 0.717) is 0 Å². The standard InChI is InChI=1S/C18H23NOS/c1-14-10-12-16(13-11-14)17(15-8-6-5-7-9-15)19-21(20)18(2,3)4/h5-13,17,19H,1-4H3. The van der Waals surface area contributed by atoms with E-state index in [1.165, 1.54) is 5.56 Å². The van der Waals surface area contributed by atoms with Crippen molar-refractivity contribution in [1.82, 2.24) is 4.72 Å². The molecule has 0 radical (unpaired) electrons. The fourth-order valence-electron chi connectivity index (χ4n) is 2.02. The van der Waals surface area contributed by atoms with Gasteiger partial charge in [0.25, 0.3) is 0 Å². The number of nitrogens with one attached hydrogen (secondary N) is 1. The summed E-state index contributed by atoms with van der Waals surface area (Å²) < 4.78 is 15.5. The molecule has 2 aromatic carbocycles. The van der Waals surface area contributed by atoms with Crippen LogP contribution in [0.15, 0.2) is 54.6 Å². The van der Waals surface area contributed by atoms with Gasteiger partial charge in [-0.05, 0) is 38.8 Å². The van der Waals surface area contributed by atoms with Crippen molar-refractivity contribution in [1.29, 1.82) is 0 Å². The highest BCUT2D eigenvalue weighted by Gasteiger charge is 2.30. The zero-order chi connectivity index (χ0) is 15.5. The molecule has 0 fully saturated rings. The van der Waals surface area contributed by atoms with E-state index < -0.39 is 11.4 Å². The molecule has 0 bridgehead atoms. The summed E-state index contributed by atoms with van der Waals surface area (Å²) in [5, 5.41) is 0. The van der Waals surface area contributed by atoms with Crippen LogP contribution < -0.4 is 4.72 Å². The lowest BCUT2D eigenvalue weighted by Crippen LogP contribution is -2.41. The summed E-state index contributed by atoms with van der Waals surface area (Å²) in [6, 6.07) is 18.5. The molecule has 2 unspecified atom stereocenters. The first-order chi connectivity index (χ1) is 9.88. The number of hydrogen-bond acceptors (Lipinski definition) is 2. The fraction of sp³-hybridized carbons (Fsp3) is 0.333. The Bertz CT molecular complexity index is 560. The molecule has 2 aromatic rings. The lowest BCUT2D eigenvalue weighted by molar-refractivity contribution is 0.535. The summed E-state index contributed by atoms with van der Waals surface area (Å²) in [6.45, 7) is 8.01. The molecule has 2 nitrogen and oxygen atoms in total. The minimum Gasteiger partial charge on any atom is -0.598 e. The molecule has 0 amide bonds. The smallest absolute Gasteiger partial charge is 0.136 e. The van der Waals surface area contributed by atoms with Crippen LogP contribution in [0.2, 0.25) is 0 Å². The van der Waals surface area contributed by atoms with Gasteiger partial charge in [-0.3, -0.25) is 0 Å². The van der Waals surface area contributed by atoms with Gasteiger partial charge in [-0.15, -0.1) is 4.72 Å². The third-order valence-corrected chi connectivity index (χ3v) is 4.89. The van der Waals surface area contributed by atoms with Crippen molar-refractivity contribution in [3.63, 3.8) is 0 Å². The Labute approximate surface area is 130 Å². The fourth-order valence-corrected chi connectivity index (χ4v) is 2.86. The first-order valence-corrected chi connectivity index (χ1v) is 8.32. The molecule has 0 aliphatic heterocycles. The second-order valence-corrected chi connectivity index (χ2v) is 8.25. The molecule has 0 aromatic heterocycles. The third kappa shape index (κ3) is 4.34. The molecule has 0 spiro atoms. The van der Waals surface area contributed by atoms with E-state index in [4.69, 9.17) is 0 Å². The first-order valence-electron chi connectivity index (χ1n) is 7.17. The molecule has 2 rings (SSSR count). The van der Waals surface area contributed by atoms with E-state index in [9.17, 15) is 4.55 Å². The SMILES string of the molecule is Cc1ccc(C(N[S+]([O-])C(C)(C)C)c2ccccc2)cc1. The summed E-state index contributed by atoms with van der Waals surface area (Å²) in [4.78, 5) is 0. The van der Waals surface area contributed by atoms with Crippen molar-refractivity contribution in [2.45, 2.75) is 38.5 Å². The molecule has 0 saturated heterocycles. The van der Waals surface area contributed by atoms with Crippen molar-refractivity contribution in [3.05, 3.63) is 71.3 Å². The van der Waals surface area contributed by atoms with Crippen LogP contribution in [-0.4, -0.2) is 9.30 Å². The predicted molar refractivity (Wildman–Crippen MR) is 90.5 cm³/mol. The zero-order valence-electron chi connectivity index (χ0n) is 13.1. The monoisotopic (exact) mass is 301 g/mol. The van der Waals surface area contributed by atoms with Gasteiger partial charge in [-0.2, -0.15) is 0 Å². The summed E-state index contributed by atoms with van der Waals surface area (Å²) in [6.07, 6.45) is 0. The Morgan fingerprint density at radius 2 is 1.43 bits per heavy atom. The van der Waals surface area contributed by atoms with Crippen molar-refractivity contribution >= 4 is 11.4 Å². The predicted octanol–water partition coefficient (Wildman–Crippen LogP) is 4.14. The van der Waals surface area contributed by atoms with Gasteiger partial charge in [0.15, 0.2) is 0 Å². The lowest BCUT2D eigenvalue weighted by atomic mass is 9.99. The van der Waals surface area contributed by atoms with Gasteiger partial charge in [-0.1, -0.05) is 60.2 Å². The van der Waals surface area contributed by atoms with Gasteiger partial charge in [0.2, 0.25) is 0 Å². The number of hydrogen-bond donors (Lipinski definition) is 1. The van der Waals surface area contributed by atoms with E-state index >= 15 is 0 Å². The van der Waals surface area contributed by atoms with Crippen LogP contribution in [0, 0.1) is 6.92 Å². The molecule has 0 aliphatic carbocycles. The molecule has 3 heteroatoms. The van der Waals surface area contributed by atoms with Crippen LogP contribution in [0.4, 0.5) is 0 Å². The number of aryl methyl sites for hydroxylation is 1. The maximum Gasteiger partial charge on any atom is 0.136 e. The van der Waals surface area contributed by atoms with E-state index in [1.54, 1.807) is 0 Å². The van der Waals surface area contributed by atoms with Gasteiger partial charge in [0.1, 0.15) is 10.8 Å². The highest BCUT2D eigenvalue weighted by atomic mass is 32.2. The quantitative estimate of drug-likeness (QED) is 0.862. The molecule has 0 aliphatic rings. The number of rotatable bonds is 4. The zero-order valence-corrected chi connectivity index (χ0v) is 13.9. The Morgan fingerprint density at radius 3 is 1.95 bits per heavy atom. The summed E-state index contributed by atoms with van der Waals surface area (Å²) in [5.41, 5.74) is 3.48. The molecule has 21 heavy (non-hydrogen) atoms. The molecule has 112 valence electrons. The van der Waals surface area contributed by atoms with Gasteiger partial charge < -0.3 is 4.55 Å². The van der Waals surface area contributed by atoms with Gasteiger partial charge in [-0.25, -0.2) is 0 Å². The second kappa shape index (κ2) is 6.65. The maximum atomic E-state index is 12.5. The van der Waals surface area contributed by atoms with Gasteiger partial charge in [0, 0.05) is 11.4 Å². The molecular weight excluding hydrogens is 278 g/mol. The van der Waals surface area contributed by atoms with Crippen molar-refractivity contribution in [2.24, 2.45) is 0 Å². The van der Waals surface area contributed by atoms with E-state index in [2.05, 4.69) is 48.0 Å². The largest absolute Gasteiger partial charge is 0.598 e. The molecule has 0 heterocycles. The highest BCUT2D eigenvalue weighted by molar-refractivity contribution is 7.90. The normalized spacial score (nSPS) is 14.7. The van der Waals surface area contributed by atoms with Crippen LogP contribution in [0.1, 0.15) is 43.5 Å². The van der Waals surface area contributed by atoms with Crippen LogP contribution in [0.25, 0.3) is 0 Å². The average molecular weight is 301 g/mol. The lowest BCUT2D eigenvalue weighted by Gasteiger charge is -2.28. The third-order valence-electron chi connectivity index (χ3n) is 3.32. The molecular formula is C18H23NOS. The minimum atomic E-state index is -1.12. The van der Waals surface area contributed by atoms with Crippen LogP contribution >= 0.6 is 0 Å². The van der Waals surface area contributed by atoms with Gasteiger partial charge in [0.05, 0.1) is 0 Å². The number of benzene rings is 2. The highest BCUT2D eigenvalue weighted by Crippen LogP contribution is 2.26.